The van der Waals surface area contributed by atoms with Crippen LogP contribution in [0.3, 0.4) is 0 Å². The van der Waals surface area contributed by atoms with E-state index in [1.165, 1.54) is 11.3 Å². The Bertz CT molecular complexity index is 792. The lowest BCUT2D eigenvalue weighted by Crippen LogP contribution is -2.44. The van der Waals surface area contributed by atoms with Gasteiger partial charge in [0.25, 0.3) is 0 Å². The Labute approximate surface area is 163 Å². The molecule has 0 radical (unpaired) electrons. The molecule has 0 aliphatic carbocycles. The summed E-state index contributed by atoms with van der Waals surface area (Å²) in [7, 11) is 0. The van der Waals surface area contributed by atoms with E-state index in [0.717, 1.165) is 20.6 Å². The highest BCUT2D eigenvalue weighted by atomic mass is 79.9. The summed E-state index contributed by atoms with van der Waals surface area (Å²) in [6, 6.07) is 7.50. The molecule has 25 heavy (non-hydrogen) atoms. The average Bonchev–Trinajstić information content (AvgIpc) is 3.22. The van der Waals surface area contributed by atoms with Gasteiger partial charge in [-0.25, -0.2) is 4.98 Å². The van der Waals surface area contributed by atoms with Gasteiger partial charge in [0.15, 0.2) is 5.13 Å². The normalized spacial score (nSPS) is 16.9. The molecule has 1 atom stereocenters. The number of carbonyl (C=O) groups is 2. The van der Waals surface area contributed by atoms with Crippen molar-refractivity contribution in [2.75, 3.05) is 16.9 Å². The number of amides is 2. The van der Waals surface area contributed by atoms with Crippen molar-refractivity contribution in [1.82, 2.24) is 9.88 Å². The molecule has 1 aliphatic rings. The monoisotopic (exact) mass is 439 g/mol. The first-order valence-corrected chi connectivity index (χ1v) is 10.7. The van der Waals surface area contributed by atoms with Gasteiger partial charge in [-0.2, -0.15) is 0 Å². The number of rotatable bonds is 4. The van der Waals surface area contributed by atoms with Crippen molar-refractivity contribution in [3.63, 3.8) is 0 Å². The third-order valence-corrected chi connectivity index (χ3v) is 6.38. The molecule has 1 N–H and O–H groups in total. The predicted molar refractivity (Wildman–Crippen MR) is 107 cm³/mol. The Morgan fingerprint density at radius 3 is 2.76 bits per heavy atom. The maximum Gasteiger partial charge on any atom is 0.249 e. The van der Waals surface area contributed by atoms with Crippen LogP contribution in [0.1, 0.15) is 18.2 Å². The Morgan fingerprint density at radius 1 is 1.36 bits per heavy atom. The summed E-state index contributed by atoms with van der Waals surface area (Å²) in [5.41, 5.74) is 1.88. The molecule has 132 valence electrons. The Morgan fingerprint density at radius 2 is 2.08 bits per heavy atom. The third kappa shape index (κ3) is 4.07. The zero-order chi connectivity index (χ0) is 18.0. The van der Waals surface area contributed by atoms with Crippen LogP contribution in [-0.2, 0) is 9.59 Å². The van der Waals surface area contributed by atoms with Crippen molar-refractivity contribution in [1.29, 1.82) is 0 Å². The summed E-state index contributed by atoms with van der Waals surface area (Å²) in [6.07, 6.45) is 0.411. The van der Waals surface area contributed by atoms with E-state index in [9.17, 15) is 9.59 Å². The van der Waals surface area contributed by atoms with E-state index < -0.39 is 6.04 Å². The van der Waals surface area contributed by atoms with Gasteiger partial charge >= 0.3 is 0 Å². The lowest BCUT2D eigenvalue weighted by molar-refractivity contribution is -0.135. The van der Waals surface area contributed by atoms with Crippen LogP contribution >= 0.6 is 39.0 Å². The summed E-state index contributed by atoms with van der Waals surface area (Å²) < 4.78 is 1.01. The second kappa shape index (κ2) is 7.88. The lowest BCUT2D eigenvalue weighted by Gasteiger charge is -2.21. The summed E-state index contributed by atoms with van der Waals surface area (Å²) in [5.74, 6) is 1.05. The summed E-state index contributed by atoms with van der Waals surface area (Å²) in [4.78, 5) is 31.8. The molecule has 1 unspecified atom stereocenters. The highest BCUT2D eigenvalue weighted by Gasteiger charge is 2.34. The maximum atomic E-state index is 12.6. The van der Waals surface area contributed by atoms with Gasteiger partial charge in [0.05, 0.1) is 11.6 Å². The van der Waals surface area contributed by atoms with E-state index in [1.807, 2.05) is 38.1 Å². The molecule has 0 saturated carbocycles. The van der Waals surface area contributed by atoms with Crippen LogP contribution < -0.4 is 5.32 Å². The van der Waals surface area contributed by atoms with Crippen LogP contribution in [0, 0.1) is 6.92 Å². The van der Waals surface area contributed by atoms with Gasteiger partial charge in [0, 0.05) is 27.1 Å². The lowest BCUT2D eigenvalue weighted by atomic mass is 10.1. The van der Waals surface area contributed by atoms with Gasteiger partial charge in [-0.15, -0.1) is 23.1 Å². The molecule has 1 fully saturated rings. The van der Waals surface area contributed by atoms with E-state index in [1.54, 1.807) is 16.7 Å². The topological polar surface area (TPSA) is 62.3 Å². The summed E-state index contributed by atoms with van der Waals surface area (Å²) >= 11 is 6.48. The quantitative estimate of drug-likeness (QED) is 0.777. The molecule has 0 bridgehead atoms. The Kier molecular flexibility index (Phi) is 5.81. The Hall–Kier alpha value is -1.38. The molecular formula is C17H18BrN3O2S2. The zero-order valence-electron chi connectivity index (χ0n) is 13.9. The molecule has 3 rings (SSSR count). The number of nitrogens with zero attached hydrogens (tertiary/aromatic N) is 2. The van der Waals surface area contributed by atoms with Gasteiger partial charge in [-0.1, -0.05) is 35.0 Å². The van der Waals surface area contributed by atoms with E-state index in [-0.39, 0.29) is 11.8 Å². The minimum absolute atomic E-state index is 0.0102. The number of carbonyl (C=O) groups excluding carboxylic acids is 2. The number of anilines is 1. The first-order chi connectivity index (χ1) is 12.0. The van der Waals surface area contributed by atoms with Crippen LogP contribution in [0.5, 0.6) is 0 Å². The third-order valence-electron chi connectivity index (χ3n) is 3.95. The number of aryl methyl sites for hydroxylation is 1. The summed E-state index contributed by atoms with van der Waals surface area (Å²) in [5, 5.41) is 3.46. The van der Waals surface area contributed by atoms with Gasteiger partial charge in [-0.05, 0) is 19.1 Å². The highest BCUT2D eigenvalue weighted by molar-refractivity contribution is 9.10. The van der Waals surface area contributed by atoms with Gasteiger partial charge in [-0.3, -0.25) is 9.59 Å². The highest BCUT2D eigenvalue weighted by Crippen LogP contribution is 2.31. The van der Waals surface area contributed by atoms with Crippen LogP contribution in [0.15, 0.2) is 28.7 Å². The van der Waals surface area contributed by atoms with E-state index in [4.69, 9.17) is 0 Å². The minimum atomic E-state index is -0.419. The standard InChI is InChI=1S/C17H18BrN3O2S2/c1-3-14(22)21-9-24-8-13(21)16(23)20-17-19-15(10(2)25-17)11-4-6-12(18)7-5-11/h4-7,13H,3,8-9H2,1-2H3,(H,19,20,23). The fraction of sp³-hybridized carbons (Fsp3) is 0.353. The molecule has 2 heterocycles. The van der Waals surface area contributed by atoms with Crippen LogP contribution in [0.2, 0.25) is 0 Å². The SMILES string of the molecule is CCC(=O)N1CSCC1C(=O)Nc1nc(-c2ccc(Br)cc2)c(C)s1. The molecule has 8 heteroatoms. The van der Waals surface area contributed by atoms with Crippen molar-refractivity contribution in [2.24, 2.45) is 0 Å². The number of halogens is 1. The van der Waals surface area contributed by atoms with Crippen molar-refractivity contribution in [2.45, 2.75) is 26.3 Å². The number of thiazole rings is 1. The summed E-state index contributed by atoms with van der Waals surface area (Å²) in [6.45, 7) is 3.80. The number of hydrogen-bond donors (Lipinski definition) is 1. The second-order valence-electron chi connectivity index (χ2n) is 5.65. The fourth-order valence-corrected chi connectivity index (χ4v) is 4.91. The zero-order valence-corrected chi connectivity index (χ0v) is 17.1. The van der Waals surface area contributed by atoms with E-state index in [0.29, 0.717) is 23.2 Å². The number of benzene rings is 1. The second-order valence-corrected chi connectivity index (χ2v) is 8.77. The predicted octanol–water partition coefficient (Wildman–Crippen LogP) is 4.13. The van der Waals surface area contributed by atoms with Crippen LogP contribution in [0.25, 0.3) is 11.3 Å². The molecular weight excluding hydrogens is 422 g/mol. The number of hydrogen-bond acceptors (Lipinski definition) is 5. The molecule has 2 aromatic rings. The fourth-order valence-electron chi connectivity index (χ4n) is 2.62. The Balaban J connectivity index is 1.75. The average molecular weight is 440 g/mol. The smallest absolute Gasteiger partial charge is 0.249 e. The largest absolute Gasteiger partial charge is 0.321 e. The molecule has 1 aliphatic heterocycles. The van der Waals surface area contributed by atoms with Gasteiger partial charge in [0.2, 0.25) is 11.8 Å². The van der Waals surface area contributed by atoms with E-state index in [2.05, 4.69) is 26.2 Å². The molecule has 1 aromatic heterocycles. The first kappa shape index (κ1) is 18.4. The van der Waals surface area contributed by atoms with Gasteiger partial charge < -0.3 is 10.2 Å². The van der Waals surface area contributed by atoms with Crippen molar-refractivity contribution >= 4 is 56.0 Å². The molecule has 2 amide bonds. The maximum absolute atomic E-state index is 12.6. The van der Waals surface area contributed by atoms with E-state index >= 15 is 0 Å². The van der Waals surface area contributed by atoms with Gasteiger partial charge in [0.1, 0.15) is 6.04 Å². The van der Waals surface area contributed by atoms with Crippen LogP contribution in [-0.4, -0.2) is 39.4 Å². The number of aromatic nitrogens is 1. The van der Waals surface area contributed by atoms with Crippen molar-refractivity contribution in [3.05, 3.63) is 33.6 Å². The van der Waals surface area contributed by atoms with Crippen LogP contribution in [0.4, 0.5) is 5.13 Å². The molecule has 1 aromatic carbocycles. The minimum Gasteiger partial charge on any atom is -0.321 e. The number of nitrogens with one attached hydrogen (secondary N) is 1. The first-order valence-electron chi connectivity index (χ1n) is 7.91. The van der Waals surface area contributed by atoms with Crippen molar-refractivity contribution < 1.29 is 9.59 Å². The molecule has 1 saturated heterocycles. The van der Waals surface area contributed by atoms with Crippen molar-refractivity contribution in [3.8, 4) is 11.3 Å². The molecule has 5 nitrogen and oxygen atoms in total. The molecule has 0 spiro atoms. The number of thioether (sulfide) groups is 1.